The first-order chi connectivity index (χ1) is 8.22. The van der Waals surface area contributed by atoms with E-state index in [9.17, 15) is 0 Å². The van der Waals surface area contributed by atoms with Crippen molar-refractivity contribution in [3.8, 4) is 11.5 Å². The summed E-state index contributed by atoms with van der Waals surface area (Å²) in [4.78, 5) is 0. The zero-order chi connectivity index (χ0) is 12.7. The zero-order valence-electron chi connectivity index (χ0n) is 10.1. The van der Waals surface area contributed by atoms with Crippen LogP contribution in [-0.4, -0.2) is 32.0 Å². The van der Waals surface area contributed by atoms with Gasteiger partial charge in [0.05, 0.1) is 25.3 Å². The molecule has 0 aliphatic rings. The molecule has 2 N–H and O–H groups in total. The van der Waals surface area contributed by atoms with Gasteiger partial charge in [0.1, 0.15) is 0 Å². The minimum absolute atomic E-state index is 0.113. The Morgan fingerprint density at radius 2 is 2.18 bits per heavy atom. The van der Waals surface area contributed by atoms with E-state index in [2.05, 4.69) is 5.32 Å². The Hall–Kier alpha value is -0.970. The summed E-state index contributed by atoms with van der Waals surface area (Å²) in [7, 11) is 1.56. The van der Waals surface area contributed by atoms with Gasteiger partial charge in [-0.1, -0.05) is 11.6 Å². The molecule has 0 saturated carbocycles. The number of aliphatic hydroxyl groups is 1. The molecule has 0 aliphatic carbocycles. The van der Waals surface area contributed by atoms with Crippen LogP contribution in [0.4, 0.5) is 0 Å². The van der Waals surface area contributed by atoms with Crippen LogP contribution in [0.15, 0.2) is 12.1 Å². The van der Waals surface area contributed by atoms with Crippen molar-refractivity contribution < 1.29 is 14.6 Å². The summed E-state index contributed by atoms with van der Waals surface area (Å²) < 4.78 is 10.7. The lowest BCUT2D eigenvalue weighted by atomic mass is 10.2. The van der Waals surface area contributed by atoms with E-state index < -0.39 is 0 Å². The molecule has 0 spiro atoms. The topological polar surface area (TPSA) is 50.7 Å². The molecule has 1 aromatic rings. The Labute approximate surface area is 106 Å². The lowest BCUT2D eigenvalue weighted by molar-refractivity contribution is 0.291. The normalized spacial score (nSPS) is 10.4. The maximum atomic E-state index is 8.69. The molecule has 0 saturated heterocycles. The lowest BCUT2D eigenvalue weighted by Crippen LogP contribution is -2.17. The van der Waals surface area contributed by atoms with Crippen LogP contribution in [0.25, 0.3) is 0 Å². The van der Waals surface area contributed by atoms with E-state index in [4.69, 9.17) is 26.2 Å². The number of halogens is 1. The predicted molar refractivity (Wildman–Crippen MR) is 68.0 cm³/mol. The smallest absolute Gasteiger partial charge is 0.179 e. The molecular formula is C12H18ClNO3. The van der Waals surface area contributed by atoms with Crippen LogP contribution in [-0.2, 0) is 6.54 Å². The third kappa shape index (κ3) is 4.07. The standard InChI is InChI=1S/C12H18ClNO3/c1-3-17-11-7-9(8-14-4-5-15)6-10(13)12(11)16-2/h6-7,14-15H,3-5,8H2,1-2H3. The second-order valence-corrected chi connectivity index (χ2v) is 3.85. The van der Waals surface area contributed by atoms with Gasteiger partial charge in [-0.25, -0.2) is 0 Å². The molecule has 5 heteroatoms. The summed E-state index contributed by atoms with van der Waals surface area (Å²) >= 11 is 6.10. The minimum atomic E-state index is 0.113. The van der Waals surface area contributed by atoms with Crippen LogP contribution in [0.2, 0.25) is 5.02 Å². The number of rotatable bonds is 7. The van der Waals surface area contributed by atoms with Gasteiger partial charge in [-0.2, -0.15) is 0 Å². The summed E-state index contributed by atoms with van der Waals surface area (Å²) in [5.41, 5.74) is 0.993. The summed E-state index contributed by atoms with van der Waals surface area (Å²) in [6, 6.07) is 3.71. The van der Waals surface area contributed by atoms with E-state index in [1.807, 2.05) is 19.1 Å². The number of hydrogen-bond acceptors (Lipinski definition) is 4. The highest BCUT2D eigenvalue weighted by molar-refractivity contribution is 6.32. The summed E-state index contributed by atoms with van der Waals surface area (Å²) in [6.45, 7) is 3.75. The van der Waals surface area contributed by atoms with E-state index in [0.717, 1.165) is 5.56 Å². The first-order valence-corrected chi connectivity index (χ1v) is 5.91. The van der Waals surface area contributed by atoms with Gasteiger partial charge in [-0.3, -0.25) is 0 Å². The third-order valence-electron chi connectivity index (χ3n) is 2.19. The summed E-state index contributed by atoms with van der Waals surface area (Å²) in [5, 5.41) is 12.3. The maximum Gasteiger partial charge on any atom is 0.179 e. The number of benzene rings is 1. The number of ether oxygens (including phenoxy) is 2. The quantitative estimate of drug-likeness (QED) is 0.734. The van der Waals surface area contributed by atoms with E-state index in [1.54, 1.807) is 7.11 Å². The van der Waals surface area contributed by atoms with Crippen LogP contribution in [0.5, 0.6) is 11.5 Å². The Balaban J connectivity index is 2.85. The van der Waals surface area contributed by atoms with Gasteiger partial charge < -0.3 is 19.9 Å². The van der Waals surface area contributed by atoms with Crippen molar-refractivity contribution in [3.63, 3.8) is 0 Å². The van der Waals surface area contributed by atoms with Crippen molar-refractivity contribution in [2.24, 2.45) is 0 Å². The molecule has 96 valence electrons. The molecule has 0 heterocycles. The highest BCUT2D eigenvalue weighted by atomic mass is 35.5. The maximum absolute atomic E-state index is 8.69. The molecule has 17 heavy (non-hydrogen) atoms. The van der Waals surface area contributed by atoms with E-state index >= 15 is 0 Å². The molecule has 0 atom stereocenters. The molecular weight excluding hydrogens is 242 g/mol. The first-order valence-electron chi connectivity index (χ1n) is 5.53. The molecule has 0 aromatic heterocycles. The lowest BCUT2D eigenvalue weighted by Gasteiger charge is -2.13. The monoisotopic (exact) mass is 259 g/mol. The molecule has 0 fully saturated rings. The van der Waals surface area contributed by atoms with Crippen molar-refractivity contribution in [1.29, 1.82) is 0 Å². The van der Waals surface area contributed by atoms with E-state index in [1.165, 1.54) is 0 Å². The van der Waals surface area contributed by atoms with Gasteiger partial charge in [-0.05, 0) is 24.6 Å². The molecule has 0 amide bonds. The molecule has 0 radical (unpaired) electrons. The van der Waals surface area contributed by atoms with Crippen molar-refractivity contribution in [2.75, 3.05) is 26.9 Å². The molecule has 0 unspecified atom stereocenters. The number of aliphatic hydroxyl groups excluding tert-OH is 1. The van der Waals surface area contributed by atoms with Crippen LogP contribution in [0, 0.1) is 0 Å². The van der Waals surface area contributed by atoms with Gasteiger partial charge in [0.15, 0.2) is 11.5 Å². The molecule has 1 rings (SSSR count). The molecule has 0 bridgehead atoms. The number of nitrogens with one attached hydrogen (secondary N) is 1. The second kappa shape index (κ2) is 7.37. The molecule has 0 aliphatic heterocycles. The fraction of sp³-hybridized carbons (Fsp3) is 0.500. The van der Waals surface area contributed by atoms with Gasteiger partial charge in [0, 0.05) is 13.1 Å². The molecule has 1 aromatic carbocycles. The Bertz CT molecular complexity index is 358. The van der Waals surface area contributed by atoms with Gasteiger partial charge >= 0.3 is 0 Å². The zero-order valence-corrected chi connectivity index (χ0v) is 10.9. The van der Waals surface area contributed by atoms with Gasteiger partial charge in [0.2, 0.25) is 0 Å². The van der Waals surface area contributed by atoms with E-state index in [-0.39, 0.29) is 6.61 Å². The summed E-state index contributed by atoms with van der Waals surface area (Å²) in [6.07, 6.45) is 0. The van der Waals surface area contributed by atoms with Crippen LogP contribution in [0.1, 0.15) is 12.5 Å². The van der Waals surface area contributed by atoms with Crippen LogP contribution < -0.4 is 14.8 Å². The minimum Gasteiger partial charge on any atom is -0.491 e. The fourth-order valence-electron chi connectivity index (χ4n) is 1.50. The fourth-order valence-corrected chi connectivity index (χ4v) is 1.81. The van der Waals surface area contributed by atoms with Crippen molar-refractivity contribution >= 4 is 11.6 Å². The van der Waals surface area contributed by atoms with Gasteiger partial charge in [-0.15, -0.1) is 0 Å². The highest BCUT2D eigenvalue weighted by Crippen LogP contribution is 2.36. The largest absolute Gasteiger partial charge is 0.491 e. The van der Waals surface area contributed by atoms with Crippen molar-refractivity contribution in [1.82, 2.24) is 5.32 Å². The predicted octanol–water partition coefficient (Wildman–Crippen LogP) is 1.83. The average molecular weight is 260 g/mol. The Morgan fingerprint density at radius 1 is 1.41 bits per heavy atom. The van der Waals surface area contributed by atoms with E-state index in [0.29, 0.717) is 36.2 Å². The average Bonchev–Trinajstić information content (AvgIpc) is 2.30. The third-order valence-corrected chi connectivity index (χ3v) is 2.47. The van der Waals surface area contributed by atoms with Gasteiger partial charge in [0.25, 0.3) is 0 Å². The Morgan fingerprint density at radius 3 is 2.76 bits per heavy atom. The summed E-state index contributed by atoms with van der Waals surface area (Å²) in [5.74, 6) is 1.20. The van der Waals surface area contributed by atoms with Crippen molar-refractivity contribution in [3.05, 3.63) is 22.7 Å². The van der Waals surface area contributed by atoms with Crippen molar-refractivity contribution in [2.45, 2.75) is 13.5 Å². The molecule has 4 nitrogen and oxygen atoms in total. The number of hydrogen-bond donors (Lipinski definition) is 2. The first kappa shape index (κ1) is 14.1. The number of methoxy groups -OCH3 is 1. The van der Waals surface area contributed by atoms with Crippen LogP contribution in [0.3, 0.4) is 0 Å². The second-order valence-electron chi connectivity index (χ2n) is 3.44. The Kier molecular flexibility index (Phi) is 6.11. The van der Waals surface area contributed by atoms with Crippen LogP contribution >= 0.6 is 11.6 Å². The highest BCUT2D eigenvalue weighted by Gasteiger charge is 2.11. The SMILES string of the molecule is CCOc1cc(CNCCO)cc(Cl)c1OC.